The van der Waals surface area contributed by atoms with Crippen LogP contribution in [0.25, 0.3) is 0 Å². The molecule has 0 aliphatic rings. The smallest absolute Gasteiger partial charge is 0.222 e. The number of carbonyl (C=O) groups is 1. The highest BCUT2D eigenvalue weighted by Gasteiger charge is 2.05. The second-order valence-corrected chi connectivity index (χ2v) is 5.50. The molecule has 0 bridgehead atoms. The van der Waals surface area contributed by atoms with Crippen molar-refractivity contribution in [2.45, 2.75) is 17.7 Å². The summed E-state index contributed by atoms with van der Waals surface area (Å²) in [5.74, 6) is 0.921. The van der Waals surface area contributed by atoms with Gasteiger partial charge in [-0.05, 0) is 6.92 Å². The molecule has 1 rings (SSSR count). The fourth-order valence-electron chi connectivity index (χ4n) is 0.786. The molecule has 6 heteroatoms. The SMILES string of the molecule is Cc1nnc(SCCC(=O)N(C)C)s1. The number of hydrogen-bond donors (Lipinski definition) is 0. The largest absolute Gasteiger partial charge is 0.349 e. The number of thioether (sulfide) groups is 1. The zero-order valence-corrected chi connectivity index (χ0v) is 10.1. The van der Waals surface area contributed by atoms with Gasteiger partial charge in [0.15, 0.2) is 4.34 Å². The maximum Gasteiger partial charge on any atom is 0.222 e. The van der Waals surface area contributed by atoms with Crippen molar-refractivity contribution in [1.82, 2.24) is 15.1 Å². The Balaban J connectivity index is 2.25. The van der Waals surface area contributed by atoms with Crippen molar-refractivity contribution < 1.29 is 4.79 Å². The molecule has 0 unspecified atom stereocenters. The highest BCUT2D eigenvalue weighted by Crippen LogP contribution is 2.22. The average Bonchev–Trinajstić information content (AvgIpc) is 2.51. The number of amides is 1. The maximum atomic E-state index is 11.2. The van der Waals surface area contributed by atoms with Crippen molar-refractivity contribution in [3.8, 4) is 0 Å². The highest BCUT2D eigenvalue weighted by molar-refractivity contribution is 8.01. The van der Waals surface area contributed by atoms with Crippen LogP contribution in [0.15, 0.2) is 4.34 Å². The monoisotopic (exact) mass is 231 g/mol. The Kier molecular flexibility index (Phi) is 4.34. The van der Waals surface area contributed by atoms with Gasteiger partial charge in [0.1, 0.15) is 5.01 Å². The molecule has 14 heavy (non-hydrogen) atoms. The number of nitrogens with zero attached hydrogens (tertiary/aromatic N) is 3. The molecule has 0 radical (unpaired) electrons. The van der Waals surface area contributed by atoms with E-state index in [4.69, 9.17) is 0 Å². The molecule has 1 aromatic heterocycles. The van der Waals surface area contributed by atoms with Crippen molar-refractivity contribution in [3.63, 3.8) is 0 Å². The molecule has 0 atom stereocenters. The lowest BCUT2D eigenvalue weighted by molar-refractivity contribution is -0.128. The van der Waals surface area contributed by atoms with E-state index >= 15 is 0 Å². The molecule has 1 amide bonds. The lowest BCUT2D eigenvalue weighted by Crippen LogP contribution is -2.21. The summed E-state index contributed by atoms with van der Waals surface area (Å²) < 4.78 is 0.939. The van der Waals surface area contributed by atoms with E-state index in [-0.39, 0.29) is 5.91 Å². The van der Waals surface area contributed by atoms with E-state index in [0.29, 0.717) is 6.42 Å². The summed E-state index contributed by atoms with van der Waals surface area (Å²) in [6.07, 6.45) is 0.552. The Morgan fingerprint density at radius 1 is 1.50 bits per heavy atom. The summed E-state index contributed by atoms with van der Waals surface area (Å²) in [6, 6.07) is 0. The normalized spacial score (nSPS) is 10.2. The van der Waals surface area contributed by atoms with E-state index < -0.39 is 0 Å². The molecule has 0 aliphatic heterocycles. The molecule has 0 fully saturated rings. The second kappa shape index (κ2) is 5.31. The van der Waals surface area contributed by atoms with Gasteiger partial charge in [0.25, 0.3) is 0 Å². The summed E-state index contributed by atoms with van der Waals surface area (Å²) >= 11 is 3.15. The Hall–Kier alpha value is -0.620. The van der Waals surface area contributed by atoms with Gasteiger partial charge in [-0.25, -0.2) is 0 Å². The summed E-state index contributed by atoms with van der Waals surface area (Å²) in [7, 11) is 3.53. The number of hydrogen-bond acceptors (Lipinski definition) is 5. The lowest BCUT2D eigenvalue weighted by Gasteiger charge is -2.08. The number of aryl methyl sites for hydroxylation is 1. The lowest BCUT2D eigenvalue weighted by atomic mass is 10.4. The van der Waals surface area contributed by atoms with E-state index in [0.717, 1.165) is 15.1 Å². The molecule has 0 aliphatic carbocycles. The molecule has 0 aromatic carbocycles. The van der Waals surface area contributed by atoms with Crippen molar-refractivity contribution in [2.24, 2.45) is 0 Å². The Morgan fingerprint density at radius 3 is 2.71 bits per heavy atom. The number of aromatic nitrogens is 2. The maximum absolute atomic E-state index is 11.2. The van der Waals surface area contributed by atoms with Crippen LogP contribution in [0.1, 0.15) is 11.4 Å². The van der Waals surface area contributed by atoms with Gasteiger partial charge in [-0.3, -0.25) is 4.79 Å². The topological polar surface area (TPSA) is 46.1 Å². The third-order valence-corrected chi connectivity index (χ3v) is 3.52. The predicted molar refractivity (Wildman–Crippen MR) is 58.7 cm³/mol. The van der Waals surface area contributed by atoms with E-state index in [2.05, 4.69) is 10.2 Å². The Morgan fingerprint density at radius 2 is 2.21 bits per heavy atom. The van der Waals surface area contributed by atoms with Crippen molar-refractivity contribution >= 4 is 29.0 Å². The van der Waals surface area contributed by atoms with Gasteiger partial charge in [-0.15, -0.1) is 10.2 Å². The summed E-state index contributed by atoms with van der Waals surface area (Å²) in [5.41, 5.74) is 0. The van der Waals surface area contributed by atoms with Crippen LogP contribution in [0.4, 0.5) is 0 Å². The quantitative estimate of drug-likeness (QED) is 0.735. The van der Waals surface area contributed by atoms with Crippen LogP contribution in [0, 0.1) is 6.92 Å². The molecule has 0 saturated heterocycles. The fourth-order valence-corrected chi connectivity index (χ4v) is 2.60. The van der Waals surface area contributed by atoms with Crippen LogP contribution >= 0.6 is 23.1 Å². The van der Waals surface area contributed by atoms with Crippen molar-refractivity contribution in [1.29, 1.82) is 0 Å². The van der Waals surface area contributed by atoms with Crippen LogP contribution in [0.3, 0.4) is 0 Å². The molecule has 78 valence electrons. The number of carbonyl (C=O) groups excluding carboxylic acids is 1. The van der Waals surface area contributed by atoms with Gasteiger partial charge >= 0.3 is 0 Å². The first-order valence-electron chi connectivity index (χ1n) is 4.22. The number of rotatable bonds is 4. The van der Waals surface area contributed by atoms with Gasteiger partial charge in [0.2, 0.25) is 5.91 Å². The first-order valence-corrected chi connectivity index (χ1v) is 6.03. The van der Waals surface area contributed by atoms with Crippen LogP contribution in [0.5, 0.6) is 0 Å². The molecule has 0 N–H and O–H groups in total. The third kappa shape index (κ3) is 3.63. The third-order valence-electron chi connectivity index (χ3n) is 1.55. The van der Waals surface area contributed by atoms with E-state index in [9.17, 15) is 4.79 Å². The predicted octanol–water partition coefficient (Wildman–Crippen LogP) is 1.42. The molecular formula is C8H13N3OS2. The van der Waals surface area contributed by atoms with Crippen LogP contribution in [-0.4, -0.2) is 40.9 Å². The molecular weight excluding hydrogens is 218 g/mol. The molecule has 0 spiro atoms. The fraction of sp³-hybridized carbons (Fsp3) is 0.625. The summed E-state index contributed by atoms with van der Waals surface area (Å²) in [6.45, 7) is 1.92. The molecule has 1 heterocycles. The Bertz CT molecular complexity index is 311. The van der Waals surface area contributed by atoms with Crippen LogP contribution < -0.4 is 0 Å². The zero-order valence-electron chi connectivity index (χ0n) is 8.48. The highest BCUT2D eigenvalue weighted by atomic mass is 32.2. The van der Waals surface area contributed by atoms with Gasteiger partial charge in [0, 0.05) is 26.3 Å². The van der Waals surface area contributed by atoms with Crippen molar-refractivity contribution in [2.75, 3.05) is 19.8 Å². The van der Waals surface area contributed by atoms with Gasteiger partial charge < -0.3 is 4.90 Å². The van der Waals surface area contributed by atoms with Gasteiger partial charge in [-0.2, -0.15) is 0 Å². The first kappa shape index (κ1) is 11.5. The van der Waals surface area contributed by atoms with Crippen molar-refractivity contribution in [3.05, 3.63) is 5.01 Å². The summed E-state index contributed by atoms with van der Waals surface area (Å²) in [5, 5.41) is 8.83. The van der Waals surface area contributed by atoms with Gasteiger partial charge in [-0.1, -0.05) is 23.1 Å². The zero-order chi connectivity index (χ0) is 10.6. The standard InChI is InChI=1S/C8H13N3OS2/c1-6-9-10-8(14-6)13-5-4-7(12)11(2)3/h4-5H2,1-3H3. The van der Waals surface area contributed by atoms with Crippen LogP contribution in [0.2, 0.25) is 0 Å². The molecule has 1 aromatic rings. The minimum atomic E-state index is 0.152. The molecule has 0 saturated carbocycles. The molecule has 4 nitrogen and oxygen atoms in total. The minimum Gasteiger partial charge on any atom is -0.349 e. The Labute approximate surface area is 91.7 Å². The summed E-state index contributed by atoms with van der Waals surface area (Å²) in [4.78, 5) is 12.8. The second-order valence-electron chi connectivity index (χ2n) is 2.97. The van der Waals surface area contributed by atoms with E-state index in [1.807, 2.05) is 6.92 Å². The average molecular weight is 231 g/mol. The van der Waals surface area contributed by atoms with E-state index in [1.165, 1.54) is 0 Å². The van der Waals surface area contributed by atoms with Crippen LogP contribution in [-0.2, 0) is 4.79 Å². The van der Waals surface area contributed by atoms with Gasteiger partial charge in [0.05, 0.1) is 0 Å². The minimum absolute atomic E-state index is 0.152. The first-order chi connectivity index (χ1) is 6.59. The van der Waals surface area contributed by atoms with E-state index in [1.54, 1.807) is 42.1 Å².